The predicted molar refractivity (Wildman–Crippen MR) is 172 cm³/mol. The first kappa shape index (κ1) is 32.1. The minimum Gasteiger partial charge on any atom is -0.462 e. The van der Waals surface area contributed by atoms with Crippen LogP contribution >= 0.6 is 0 Å². The topological polar surface area (TPSA) is 72.8 Å². The Morgan fingerprint density at radius 2 is 1.59 bits per heavy atom. The molecule has 5 unspecified atom stereocenters. The van der Waals surface area contributed by atoms with Crippen molar-refractivity contribution in [2.24, 2.45) is 62.6 Å². The van der Waals surface area contributed by atoms with Gasteiger partial charge in [-0.2, -0.15) is 0 Å². The average Bonchev–Trinajstić information content (AvgIpc) is 3.39. The molecule has 1 aromatic rings. The van der Waals surface area contributed by atoms with E-state index in [1.807, 2.05) is 30.3 Å². The number of benzene rings is 1. The molecule has 0 aliphatic heterocycles. The first-order valence-corrected chi connectivity index (χ1v) is 17.7. The lowest BCUT2D eigenvalue weighted by molar-refractivity contribution is -0.252. The highest BCUT2D eigenvalue weighted by molar-refractivity contribution is 5.78. The van der Waals surface area contributed by atoms with Gasteiger partial charge in [0.25, 0.3) is 0 Å². The van der Waals surface area contributed by atoms with Crippen LogP contribution in [0.25, 0.3) is 0 Å². The summed E-state index contributed by atoms with van der Waals surface area (Å²) in [5, 5.41) is 10.4. The lowest BCUT2D eigenvalue weighted by atomic mass is 9.32. The SMILES string of the molecule is CC(=O)O[C@H]1CC[C@@]2(C)C(CC[C@]3(C)C2CCC2C4[C@H](C(C)CO)CC[C@]4(C(=O)OCc4ccccc4)CC[C@]23C)C1(C)C. The van der Waals surface area contributed by atoms with Crippen molar-refractivity contribution in [3.8, 4) is 0 Å². The van der Waals surface area contributed by atoms with E-state index in [-0.39, 0.29) is 58.1 Å². The van der Waals surface area contributed by atoms with E-state index in [0.717, 1.165) is 50.5 Å². The highest BCUT2D eigenvalue weighted by Crippen LogP contribution is 2.77. The largest absolute Gasteiger partial charge is 0.462 e. The third kappa shape index (κ3) is 4.55. The third-order valence-corrected chi connectivity index (χ3v) is 15.4. The molecule has 0 spiro atoms. The summed E-state index contributed by atoms with van der Waals surface area (Å²) in [5.41, 5.74) is 1.07. The summed E-state index contributed by atoms with van der Waals surface area (Å²) in [6, 6.07) is 10.1. The fourth-order valence-corrected chi connectivity index (χ4v) is 13.0. The molecule has 5 fully saturated rings. The fourth-order valence-electron chi connectivity index (χ4n) is 13.0. The van der Waals surface area contributed by atoms with E-state index in [0.29, 0.717) is 30.3 Å². The van der Waals surface area contributed by atoms with Gasteiger partial charge in [0.1, 0.15) is 12.7 Å². The molecule has 6 rings (SSSR count). The molecule has 0 saturated heterocycles. The van der Waals surface area contributed by atoms with Gasteiger partial charge in [0.2, 0.25) is 0 Å². The summed E-state index contributed by atoms with van der Waals surface area (Å²) in [7, 11) is 0. The number of ether oxygens (including phenoxy) is 2. The smallest absolute Gasteiger partial charge is 0.312 e. The van der Waals surface area contributed by atoms with Crippen molar-refractivity contribution in [2.75, 3.05) is 6.61 Å². The monoisotopic (exact) mass is 606 g/mol. The minimum atomic E-state index is -0.443. The summed E-state index contributed by atoms with van der Waals surface area (Å²) in [4.78, 5) is 26.3. The van der Waals surface area contributed by atoms with Gasteiger partial charge in [0.05, 0.1) is 5.41 Å². The first-order valence-electron chi connectivity index (χ1n) is 17.7. The van der Waals surface area contributed by atoms with Crippen LogP contribution in [0.1, 0.15) is 118 Å². The van der Waals surface area contributed by atoms with Crippen LogP contribution < -0.4 is 0 Å². The summed E-state index contributed by atoms with van der Waals surface area (Å²) in [6.07, 6.45) is 10.6. The lowest BCUT2D eigenvalue weighted by Crippen LogP contribution is -2.67. The fraction of sp³-hybridized carbons (Fsp3) is 0.795. The number of rotatable bonds is 6. The van der Waals surface area contributed by atoms with Gasteiger partial charge < -0.3 is 14.6 Å². The van der Waals surface area contributed by atoms with Gasteiger partial charge in [-0.25, -0.2) is 0 Å². The normalized spacial score (nSPS) is 44.7. The van der Waals surface area contributed by atoms with Crippen LogP contribution in [0.15, 0.2) is 30.3 Å². The van der Waals surface area contributed by atoms with Crippen LogP contribution in [0.5, 0.6) is 0 Å². The molecule has 5 nitrogen and oxygen atoms in total. The predicted octanol–water partition coefficient (Wildman–Crippen LogP) is 8.37. The van der Waals surface area contributed by atoms with Gasteiger partial charge in [-0.05, 0) is 122 Å². The molecule has 0 bridgehead atoms. The molecule has 244 valence electrons. The molecule has 44 heavy (non-hydrogen) atoms. The quantitative estimate of drug-likeness (QED) is 0.329. The van der Waals surface area contributed by atoms with Crippen molar-refractivity contribution in [3.05, 3.63) is 35.9 Å². The van der Waals surface area contributed by atoms with Gasteiger partial charge >= 0.3 is 11.9 Å². The highest BCUT2D eigenvalue weighted by atomic mass is 16.5. The van der Waals surface area contributed by atoms with Crippen molar-refractivity contribution >= 4 is 11.9 Å². The number of hydrogen-bond acceptors (Lipinski definition) is 5. The van der Waals surface area contributed by atoms with Crippen molar-refractivity contribution in [2.45, 2.75) is 125 Å². The molecule has 0 amide bonds. The molecule has 5 aliphatic carbocycles. The zero-order valence-corrected chi connectivity index (χ0v) is 28.5. The molecule has 5 saturated carbocycles. The molecule has 11 atom stereocenters. The van der Waals surface area contributed by atoms with Gasteiger partial charge in [-0.3, -0.25) is 9.59 Å². The lowest BCUT2D eigenvalue weighted by Gasteiger charge is -2.72. The van der Waals surface area contributed by atoms with E-state index in [4.69, 9.17) is 9.47 Å². The Hall–Kier alpha value is -1.88. The Kier molecular flexibility index (Phi) is 8.11. The number of aliphatic hydroxyl groups excluding tert-OH is 1. The van der Waals surface area contributed by atoms with Crippen molar-refractivity contribution in [1.29, 1.82) is 0 Å². The van der Waals surface area contributed by atoms with Gasteiger partial charge in [-0.15, -0.1) is 0 Å². The van der Waals surface area contributed by atoms with Gasteiger partial charge in [0, 0.05) is 18.9 Å². The third-order valence-electron chi connectivity index (χ3n) is 15.4. The standard InChI is InChI=1S/C39H58O5/c1-25(23-40)28-15-20-39(34(42)43-24-27-11-9-8-10-12-27)22-21-37(6)29(33(28)39)13-14-31-36(5)18-17-32(44-26(2)41)35(3,4)30(36)16-19-38(31,37)7/h8-12,25,28-33,40H,13-24H2,1-7H3/t25?,28-,29?,30?,31?,32-,33?,36-,37+,38+,39-/m0/s1. The second-order valence-electron chi connectivity index (χ2n) is 17.2. The van der Waals surface area contributed by atoms with Crippen LogP contribution in [-0.4, -0.2) is 29.8 Å². The molecule has 1 N–H and O–H groups in total. The maximum Gasteiger partial charge on any atom is 0.312 e. The van der Waals surface area contributed by atoms with Gasteiger partial charge in [-0.1, -0.05) is 71.9 Å². The molecular formula is C39H58O5. The molecule has 0 aromatic heterocycles. The molecule has 0 heterocycles. The number of esters is 2. The number of carbonyl (C=O) groups is 2. The summed E-state index contributed by atoms with van der Waals surface area (Å²) in [6.45, 7) is 16.8. The molecule has 0 radical (unpaired) electrons. The van der Waals surface area contributed by atoms with Crippen molar-refractivity contribution in [3.63, 3.8) is 0 Å². The zero-order valence-electron chi connectivity index (χ0n) is 28.5. The van der Waals surface area contributed by atoms with Crippen molar-refractivity contribution < 1.29 is 24.2 Å². The van der Waals surface area contributed by atoms with E-state index >= 15 is 0 Å². The van der Waals surface area contributed by atoms with Crippen LogP contribution in [-0.2, 0) is 25.7 Å². The Morgan fingerprint density at radius 3 is 2.27 bits per heavy atom. The Balaban J connectivity index is 1.32. The first-order chi connectivity index (χ1) is 20.7. The van der Waals surface area contributed by atoms with Crippen LogP contribution in [0.3, 0.4) is 0 Å². The number of aliphatic hydroxyl groups is 1. The average molecular weight is 607 g/mol. The summed E-state index contributed by atoms with van der Waals surface area (Å²) in [5.74, 6) is 2.23. The van der Waals surface area contributed by atoms with E-state index in [1.165, 1.54) is 19.3 Å². The van der Waals surface area contributed by atoms with E-state index in [2.05, 4.69) is 41.5 Å². The molecular weight excluding hydrogens is 548 g/mol. The Labute approximate surface area is 266 Å². The minimum absolute atomic E-state index is 0.00855. The summed E-state index contributed by atoms with van der Waals surface area (Å²) < 4.78 is 12.1. The maximum atomic E-state index is 14.3. The summed E-state index contributed by atoms with van der Waals surface area (Å²) >= 11 is 0. The molecule has 1 aromatic carbocycles. The van der Waals surface area contributed by atoms with Gasteiger partial charge in [0.15, 0.2) is 0 Å². The van der Waals surface area contributed by atoms with Crippen LogP contribution in [0.2, 0.25) is 0 Å². The van der Waals surface area contributed by atoms with Crippen LogP contribution in [0, 0.1) is 62.6 Å². The van der Waals surface area contributed by atoms with E-state index in [1.54, 1.807) is 6.92 Å². The molecule has 5 aliphatic rings. The Morgan fingerprint density at radius 1 is 0.864 bits per heavy atom. The van der Waals surface area contributed by atoms with Crippen molar-refractivity contribution in [1.82, 2.24) is 0 Å². The molecule has 5 heteroatoms. The second kappa shape index (κ2) is 11.1. The Bertz CT molecular complexity index is 1240. The zero-order chi connectivity index (χ0) is 31.7. The number of hydrogen-bond donors (Lipinski definition) is 1. The highest BCUT2D eigenvalue weighted by Gasteiger charge is 2.72. The van der Waals surface area contributed by atoms with E-state index in [9.17, 15) is 14.7 Å². The van der Waals surface area contributed by atoms with E-state index < -0.39 is 5.41 Å². The maximum absolute atomic E-state index is 14.3. The number of carbonyl (C=O) groups excluding carboxylic acids is 2. The number of fused-ring (bicyclic) bond motifs is 7. The van der Waals surface area contributed by atoms with Crippen LogP contribution in [0.4, 0.5) is 0 Å². The second-order valence-corrected chi connectivity index (χ2v) is 17.2.